The normalized spacial score (nSPS) is 10.7. The lowest BCUT2D eigenvalue weighted by atomic mass is 10.2. The molecule has 1 heterocycles. The molecule has 37 heavy (non-hydrogen) atoms. The highest BCUT2D eigenvalue weighted by atomic mass is 35.5. The van der Waals surface area contributed by atoms with E-state index in [1.165, 1.54) is 12.1 Å². The van der Waals surface area contributed by atoms with E-state index in [1.807, 2.05) is 30.3 Å². The van der Waals surface area contributed by atoms with Crippen LogP contribution in [0.2, 0.25) is 5.15 Å². The Hall–Kier alpha value is -4.09. The summed E-state index contributed by atoms with van der Waals surface area (Å²) in [5.41, 5.74) is 1.21. The summed E-state index contributed by atoms with van der Waals surface area (Å²) in [6.07, 6.45) is -5.10. The summed E-state index contributed by atoms with van der Waals surface area (Å²) in [5, 5.41) is 16.0. The van der Waals surface area contributed by atoms with Crippen LogP contribution in [0.3, 0.4) is 0 Å². The molecule has 0 saturated heterocycles. The van der Waals surface area contributed by atoms with Gasteiger partial charge in [0.05, 0.1) is 16.9 Å². The number of para-hydroxylation sites is 2. The van der Waals surface area contributed by atoms with Crippen molar-refractivity contribution in [2.75, 3.05) is 16.0 Å². The van der Waals surface area contributed by atoms with Crippen molar-refractivity contribution in [3.05, 3.63) is 95.1 Å². The predicted molar refractivity (Wildman–Crippen MR) is 137 cm³/mol. The largest absolute Gasteiger partial charge is 0.444 e. The monoisotopic (exact) mass is 550 g/mol. The Morgan fingerprint density at radius 3 is 2.19 bits per heavy atom. The lowest BCUT2D eigenvalue weighted by Gasteiger charge is -2.13. The highest BCUT2D eigenvalue weighted by molar-refractivity contribution is 6.31. The first-order chi connectivity index (χ1) is 17.3. The number of benzene rings is 3. The van der Waals surface area contributed by atoms with Gasteiger partial charge in [0.2, 0.25) is 5.95 Å². The molecule has 0 spiro atoms. The van der Waals surface area contributed by atoms with E-state index < -0.39 is 17.8 Å². The van der Waals surface area contributed by atoms with E-state index >= 15 is 0 Å². The Morgan fingerprint density at radius 2 is 1.51 bits per heavy atom. The average molecular weight is 551 g/mol. The molecule has 0 atom stereocenters. The second kappa shape index (κ2) is 12.2. The van der Waals surface area contributed by atoms with E-state index in [1.54, 1.807) is 24.3 Å². The average Bonchev–Trinajstić information content (AvgIpc) is 2.86. The number of rotatable bonds is 7. The lowest BCUT2D eigenvalue weighted by molar-refractivity contribution is -0.137. The highest BCUT2D eigenvalue weighted by Crippen LogP contribution is 2.31. The number of anilines is 5. The van der Waals surface area contributed by atoms with Crippen LogP contribution in [0.4, 0.5) is 46.8 Å². The fourth-order valence-electron chi connectivity index (χ4n) is 3.02. The molecule has 0 aliphatic rings. The zero-order valence-corrected chi connectivity index (χ0v) is 20.4. The number of hydrogen-bond acceptors (Lipinski definition) is 7. The zero-order chi connectivity index (χ0) is 25.5. The SMILES string of the molecule is Cl.O=C(Nc1ccccc1Nc1nnc(Cl)c(Nc2ccc(C(F)(F)F)cc2)n1)OCc1ccccc1. The number of carbonyl (C=O) groups excluding carboxylic acids is 1. The molecule has 0 bridgehead atoms. The maximum Gasteiger partial charge on any atom is 0.416 e. The first-order valence-corrected chi connectivity index (χ1v) is 10.8. The van der Waals surface area contributed by atoms with E-state index in [9.17, 15) is 18.0 Å². The molecule has 4 aromatic rings. The Kier molecular flexibility index (Phi) is 9.10. The number of hydrogen-bond donors (Lipinski definition) is 3. The second-order valence-corrected chi connectivity index (χ2v) is 7.69. The third-order valence-electron chi connectivity index (χ3n) is 4.74. The van der Waals surface area contributed by atoms with Crippen molar-refractivity contribution in [2.24, 2.45) is 0 Å². The Labute approximate surface area is 220 Å². The van der Waals surface area contributed by atoms with Gasteiger partial charge in [0.1, 0.15) is 6.61 Å². The number of amides is 1. The summed E-state index contributed by atoms with van der Waals surface area (Å²) in [7, 11) is 0. The molecule has 0 aliphatic heterocycles. The smallest absolute Gasteiger partial charge is 0.416 e. The summed E-state index contributed by atoms with van der Waals surface area (Å²) in [4.78, 5) is 16.5. The van der Waals surface area contributed by atoms with Crippen LogP contribution in [0.25, 0.3) is 0 Å². The summed E-state index contributed by atoms with van der Waals surface area (Å²) >= 11 is 6.06. The van der Waals surface area contributed by atoms with Gasteiger partial charge in [-0.1, -0.05) is 54.1 Å². The van der Waals surface area contributed by atoms with Gasteiger partial charge in [-0.2, -0.15) is 18.2 Å². The minimum atomic E-state index is -4.45. The van der Waals surface area contributed by atoms with Crippen molar-refractivity contribution in [1.82, 2.24) is 15.2 Å². The van der Waals surface area contributed by atoms with E-state index in [4.69, 9.17) is 16.3 Å². The van der Waals surface area contributed by atoms with E-state index in [-0.39, 0.29) is 35.9 Å². The van der Waals surface area contributed by atoms with Crippen LogP contribution < -0.4 is 16.0 Å². The van der Waals surface area contributed by atoms with Gasteiger partial charge in [-0.25, -0.2) is 4.79 Å². The van der Waals surface area contributed by atoms with Gasteiger partial charge in [-0.15, -0.1) is 22.6 Å². The molecule has 0 saturated carbocycles. The fraction of sp³-hybridized carbons (Fsp3) is 0.0833. The molecule has 3 aromatic carbocycles. The summed E-state index contributed by atoms with van der Waals surface area (Å²) in [6.45, 7) is 0.103. The molecule has 0 aliphatic carbocycles. The lowest BCUT2D eigenvalue weighted by Crippen LogP contribution is -2.15. The van der Waals surface area contributed by atoms with Crippen molar-refractivity contribution in [2.45, 2.75) is 12.8 Å². The quantitative estimate of drug-likeness (QED) is 0.223. The standard InChI is InChI=1S/C24H18ClF3N6O2.ClH/c25-20-21(29-17-12-10-16(11-13-17)24(26,27)28)32-22(34-33-20)30-18-8-4-5-9-19(18)31-23(35)36-14-15-6-2-1-3-7-15;/h1-13H,14H2,(H,31,35)(H2,29,30,32,34);1H. The number of nitrogens with zero attached hydrogens (tertiary/aromatic N) is 3. The summed E-state index contributed by atoms with van der Waals surface area (Å²) in [6, 6.07) is 20.4. The molecule has 0 fully saturated rings. The molecular formula is C24H19Cl2F3N6O2. The Morgan fingerprint density at radius 1 is 0.865 bits per heavy atom. The van der Waals surface area contributed by atoms with Crippen LogP contribution in [-0.2, 0) is 17.5 Å². The highest BCUT2D eigenvalue weighted by Gasteiger charge is 2.30. The van der Waals surface area contributed by atoms with Gasteiger partial charge in [0, 0.05) is 5.69 Å². The van der Waals surface area contributed by atoms with Crippen LogP contribution in [0.5, 0.6) is 0 Å². The molecule has 0 unspecified atom stereocenters. The fourth-order valence-corrected chi connectivity index (χ4v) is 3.14. The van der Waals surface area contributed by atoms with Gasteiger partial charge in [0.15, 0.2) is 11.0 Å². The predicted octanol–water partition coefficient (Wildman–Crippen LogP) is 7.20. The van der Waals surface area contributed by atoms with Crippen molar-refractivity contribution in [1.29, 1.82) is 0 Å². The van der Waals surface area contributed by atoms with Gasteiger partial charge in [0.25, 0.3) is 0 Å². The molecule has 13 heteroatoms. The molecule has 4 rings (SSSR count). The molecule has 1 amide bonds. The van der Waals surface area contributed by atoms with Crippen LogP contribution in [0.1, 0.15) is 11.1 Å². The molecule has 192 valence electrons. The zero-order valence-electron chi connectivity index (χ0n) is 18.8. The summed E-state index contributed by atoms with van der Waals surface area (Å²) in [5.74, 6) is 0.0994. The molecule has 8 nitrogen and oxygen atoms in total. The van der Waals surface area contributed by atoms with Crippen LogP contribution in [0.15, 0.2) is 78.9 Å². The maximum absolute atomic E-state index is 12.8. The minimum absolute atomic E-state index is 0. The number of halogens is 5. The van der Waals surface area contributed by atoms with E-state index in [2.05, 4.69) is 31.1 Å². The molecule has 3 N–H and O–H groups in total. The first kappa shape index (κ1) is 27.5. The van der Waals surface area contributed by atoms with Crippen LogP contribution >= 0.6 is 24.0 Å². The van der Waals surface area contributed by atoms with Crippen LogP contribution in [0, 0.1) is 0 Å². The van der Waals surface area contributed by atoms with Gasteiger partial charge in [-0.3, -0.25) is 5.32 Å². The van der Waals surface area contributed by atoms with Crippen LogP contribution in [-0.4, -0.2) is 21.3 Å². The molecular weight excluding hydrogens is 532 g/mol. The van der Waals surface area contributed by atoms with Crippen molar-refractivity contribution < 1.29 is 22.7 Å². The topological polar surface area (TPSA) is 101 Å². The van der Waals surface area contributed by atoms with Gasteiger partial charge >= 0.3 is 12.3 Å². The number of aromatic nitrogens is 3. The van der Waals surface area contributed by atoms with Crippen molar-refractivity contribution in [3.63, 3.8) is 0 Å². The molecule has 1 aromatic heterocycles. The Balaban J connectivity index is 0.00000380. The molecule has 0 radical (unpaired) electrons. The van der Waals surface area contributed by atoms with E-state index in [0.29, 0.717) is 17.1 Å². The number of alkyl halides is 3. The third kappa shape index (κ3) is 7.69. The second-order valence-electron chi connectivity index (χ2n) is 7.33. The minimum Gasteiger partial charge on any atom is -0.444 e. The summed E-state index contributed by atoms with van der Waals surface area (Å²) < 4.78 is 43.6. The number of carbonyl (C=O) groups is 1. The Bertz CT molecular complexity index is 1340. The first-order valence-electron chi connectivity index (χ1n) is 10.5. The van der Waals surface area contributed by atoms with Gasteiger partial charge < -0.3 is 15.4 Å². The van der Waals surface area contributed by atoms with E-state index in [0.717, 1.165) is 17.7 Å². The third-order valence-corrected chi connectivity index (χ3v) is 5.00. The number of nitrogens with one attached hydrogen (secondary N) is 3. The maximum atomic E-state index is 12.8. The number of ether oxygens (including phenoxy) is 1. The van der Waals surface area contributed by atoms with Gasteiger partial charge in [-0.05, 0) is 42.0 Å². The van der Waals surface area contributed by atoms with Crippen molar-refractivity contribution >= 4 is 58.9 Å². The van der Waals surface area contributed by atoms with Crippen molar-refractivity contribution in [3.8, 4) is 0 Å².